The van der Waals surface area contributed by atoms with Gasteiger partial charge >= 0.3 is 12.1 Å². The lowest BCUT2D eigenvalue weighted by Gasteiger charge is -2.33. The largest absolute Gasteiger partial charge is 0.492 e. The van der Waals surface area contributed by atoms with E-state index in [1.807, 2.05) is 18.2 Å². The third-order valence-electron chi connectivity index (χ3n) is 4.26. The predicted molar refractivity (Wildman–Crippen MR) is 99.6 cm³/mol. The topological polar surface area (TPSA) is 71.1 Å². The van der Waals surface area contributed by atoms with Crippen molar-refractivity contribution < 1.29 is 19.1 Å². The molecular formula is C19H29N3O4. The van der Waals surface area contributed by atoms with Crippen molar-refractivity contribution in [3.63, 3.8) is 0 Å². The molecule has 0 aliphatic carbocycles. The van der Waals surface area contributed by atoms with Crippen LogP contribution in [-0.4, -0.2) is 67.9 Å². The van der Waals surface area contributed by atoms with E-state index in [2.05, 4.69) is 25.2 Å². The lowest BCUT2D eigenvalue weighted by molar-refractivity contribution is 0.0851. The number of nitrogens with one attached hydrogen (secondary N) is 1. The zero-order chi connectivity index (χ0) is 18.9. The smallest absolute Gasteiger partial charge is 0.409 e. The van der Waals surface area contributed by atoms with Gasteiger partial charge in [-0.15, -0.1) is 0 Å². The average Bonchev–Trinajstić information content (AvgIpc) is 2.65. The molecule has 1 aliphatic rings. The summed E-state index contributed by atoms with van der Waals surface area (Å²) in [5.74, 6) is 1.26. The maximum absolute atomic E-state index is 12.2. The number of carbonyl (C=O) groups excluding carboxylic acids is 2. The number of nitrogens with zero attached hydrogens (tertiary/aromatic N) is 2. The van der Waals surface area contributed by atoms with Crippen LogP contribution in [0.15, 0.2) is 24.3 Å². The van der Waals surface area contributed by atoms with Crippen molar-refractivity contribution in [1.82, 2.24) is 15.1 Å². The second-order valence-corrected chi connectivity index (χ2v) is 6.48. The summed E-state index contributed by atoms with van der Waals surface area (Å²) in [5.41, 5.74) is 1.23. The van der Waals surface area contributed by atoms with Gasteiger partial charge in [0.05, 0.1) is 13.2 Å². The van der Waals surface area contributed by atoms with Crippen molar-refractivity contribution in [2.75, 3.05) is 45.9 Å². The molecular weight excluding hydrogens is 334 g/mol. The number of urea groups is 1. The SMILES string of the molecule is CCOC(=O)N1CCN(C(=O)NCCOc2cccc(C(C)C)c2)CC1. The fourth-order valence-electron chi connectivity index (χ4n) is 2.71. The first-order valence-corrected chi connectivity index (χ1v) is 9.18. The van der Waals surface area contributed by atoms with E-state index in [9.17, 15) is 9.59 Å². The Kier molecular flexibility index (Phi) is 7.56. The number of carbonyl (C=O) groups is 2. The van der Waals surface area contributed by atoms with Gasteiger partial charge in [0.25, 0.3) is 0 Å². The molecule has 0 saturated carbocycles. The van der Waals surface area contributed by atoms with E-state index >= 15 is 0 Å². The third kappa shape index (κ3) is 5.82. The number of hydrogen-bond donors (Lipinski definition) is 1. The molecule has 1 aromatic carbocycles. The minimum atomic E-state index is -0.315. The van der Waals surface area contributed by atoms with Gasteiger partial charge in [0.15, 0.2) is 0 Å². The van der Waals surface area contributed by atoms with Crippen molar-refractivity contribution >= 4 is 12.1 Å². The molecule has 7 heteroatoms. The van der Waals surface area contributed by atoms with Crippen LogP contribution in [0.3, 0.4) is 0 Å². The summed E-state index contributed by atoms with van der Waals surface area (Å²) < 4.78 is 10.7. The molecule has 7 nitrogen and oxygen atoms in total. The zero-order valence-electron chi connectivity index (χ0n) is 15.9. The first-order chi connectivity index (χ1) is 12.5. The Morgan fingerprint density at radius 3 is 2.50 bits per heavy atom. The Labute approximate surface area is 155 Å². The number of ether oxygens (including phenoxy) is 2. The average molecular weight is 363 g/mol. The summed E-state index contributed by atoms with van der Waals surface area (Å²) in [5, 5.41) is 2.86. The number of benzene rings is 1. The summed E-state index contributed by atoms with van der Waals surface area (Å²) in [4.78, 5) is 27.2. The highest BCUT2D eigenvalue weighted by Crippen LogP contribution is 2.19. The lowest BCUT2D eigenvalue weighted by Crippen LogP contribution is -2.53. The minimum Gasteiger partial charge on any atom is -0.492 e. The highest BCUT2D eigenvalue weighted by molar-refractivity contribution is 5.75. The van der Waals surface area contributed by atoms with Gasteiger partial charge in [0.1, 0.15) is 12.4 Å². The van der Waals surface area contributed by atoms with E-state index in [0.29, 0.717) is 51.9 Å². The van der Waals surface area contributed by atoms with Gasteiger partial charge in [-0.25, -0.2) is 9.59 Å². The molecule has 0 radical (unpaired) electrons. The van der Waals surface area contributed by atoms with Crippen molar-refractivity contribution in [2.24, 2.45) is 0 Å². The second-order valence-electron chi connectivity index (χ2n) is 6.48. The molecule has 0 bridgehead atoms. The fourth-order valence-corrected chi connectivity index (χ4v) is 2.71. The monoisotopic (exact) mass is 363 g/mol. The maximum Gasteiger partial charge on any atom is 0.409 e. The standard InChI is InChI=1S/C19H29N3O4/c1-4-25-19(24)22-11-9-21(10-12-22)18(23)20-8-13-26-17-7-5-6-16(14-17)15(2)3/h5-7,14-15H,4,8-13H2,1-3H3,(H,20,23). The Morgan fingerprint density at radius 2 is 1.85 bits per heavy atom. The van der Waals surface area contributed by atoms with Crippen molar-refractivity contribution in [1.29, 1.82) is 0 Å². The highest BCUT2D eigenvalue weighted by atomic mass is 16.6. The number of amides is 3. The van der Waals surface area contributed by atoms with Crippen LogP contribution >= 0.6 is 0 Å². The van der Waals surface area contributed by atoms with Crippen LogP contribution in [0.2, 0.25) is 0 Å². The van der Waals surface area contributed by atoms with E-state index in [4.69, 9.17) is 9.47 Å². The summed E-state index contributed by atoms with van der Waals surface area (Å²) in [6.45, 7) is 9.25. The number of piperazine rings is 1. The molecule has 0 atom stereocenters. The zero-order valence-corrected chi connectivity index (χ0v) is 15.9. The Balaban J connectivity index is 1.67. The van der Waals surface area contributed by atoms with Crippen molar-refractivity contribution in [2.45, 2.75) is 26.7 Å². The Bertz CT molecular complexity index is 598. The number of hydrogen-bond acceptors (Lipinski definition) is 4. The van der Waals surface area contributed by atoms with Gasteiger partial charge in [-0.2, -0.15) is 0 Å². The molecule has 0 aromatic heterocycles. The Hall–Kier alpha value is -2.44. The first-order valence-electron chi connectivity index (χ1n) is 9.18. The quantitative estimate of drug-likeness (QED) is 0.789. The fraction of sp³-hybridized carbons (Fsp3) is 0.579. The predicted octanol–water partition coefficient (Wildman–Crippen LogP) is 2.67. The van der Waals surface area contributed by atoms with Crippen molar-refractivity contribution in [3.8, 4) is 5.75 Å². The second kappa shape index (κ2) is 9.89. The van der Waals surface area contributed by atoms with Gasteiger partial charge in [-0.1, -0.05) is 26.0 Å². The number of rotatable bonds is 6. The molecule has 2 rings (SSSR count). The maximum atomic E-state index is 12.2. The molecule has 1 N–H and O–H groups in total. The summed E-state index contributed by atoms with van der Waals surface area (Å²) in [6.07, 6.45) is -0.315. The minimum absolute atomic E-state index is 0.131. The van der Waals surface area contributed by atoms with Crippen LogP contribution in [0.25, 0.3) is 0 Å². The molecule has 1 aromatic rings. The molecule has 0 unspecified atom stereocenters. The molecule has 1 heterocycles. The van der Waals surface area contributed by atoms with E-state index in [0.717, 1.165) is 5.75 Å². The van der Waals surface area contributed by atoms with Crippen LogP contribution < -0.4 is 10.1 Å². The van der Waals surface area contributed by atoms with Crippen molar-refractivity contribution in [3.05, 3.63) is 29.8 Å². The van der Waals surface area contributed by atoms with E-state index < -0.39 is 0 Å². The highest BCUT2D eigenvalue weighted by Gasteiger charge is 2.24. The normalized spacial score (nSPS) is 14.3. The van der Waals surface area contributed by atoms with Crippen LogP contribution in [0, 0.1) is 0 Å². The summed E-state index contributed by atoms with van der Waals surface area (Å²) in [6, 6.07) is 7.87. The van der Waals surface area contributed by atoms with Crippen LogP contribution in [0.1, 0.15) is 32.3 Å². The summed E-state index contributed by atoms with van der Waals surface area (Å²) in [7, 11) is 0. The van der Waals surface area contributed by atoms with Gasteiger partial charge < -0.3 is 24.6 Å². The summed E-state index contributed by atoms with van der Waals surface area (Å²) >= 11 is 0. The molecule has 0 spiro atoms. The van der Waals surface area contributed by atoms with Crippen LogP contribution in [0.4, 0.5) is 9.59 Å². The van der Waals surface area contributed by atoms with E-state index in [1.165, 1.54) is 5.56 Å². The van der Waals surface area contributed by atoms with Gasteiger partial charge in [-0.3, -0.25) is 0 Å². The first kappa shape index (κ1) is 19.9. The molecule has 1 aliphatic heterocycles. The van der Waals surface area contributed by atoms with Gasteiger partial charge in [-0.05, 0) is 30.5 Å². The molecule has 26 heavy (non-hydrogen) atoms. The van der Waals surface area contributed by atoms with Gasteiger partial charge in [0, 0.05) is 26.2 Å². The Morgan fingerprint density at radius 1 is 1.15 bits per heavy atom. The van der Waals surface area contributed by atoms with Gasteiger partial charge in [0.2, 0.25) is 0 Å². The van der Waals surface area contributed by atoms with E-state index in [1.54, 1.807) is 16.7 Å². The molecule has 1 fully saturated rings. The van der Waals surface area contributed by atoms with Crippen LogP contribution in [-0.2, 0) is 4.74 Å². The molecule has 144 valence electrons. The van der Waals surface area contributed by atoms with Crippen LogP contribution in [0.5, 0.6) is 5.75 Å². The molecule has 3 amide bonds. The third-order valence-corrected chi connectivity index (χ3v) is 4.26. The lowest BCUT2D eigenvalue weighted by atomic mass is 10.0. The molecule has 1 saturated heterocycles. The van der Waals surface area contributed by atoms with E-state index in [-0.39, 0.29) is 12.1 Å².